The van der Waals surface area contributed by atoms with Crippen LogP contribution in [0.15, 0.2) is 0 Å². The van der Waals surface area contributed by atoms with Gasteiger partial charge in [-0.3, -0.25) is 9.59 Å². The van der Waals surface area contributed by atoms with Gasteiger partial charge >= 0.3 is 11.9 Å². The molecule has 0 rings (SSSR count). The van der Waals surface area contributed by atoms with Crippen LogP contribution in [0.5, 0.6) is 0 Å². The lowest BCUT2D eigenvalue weighted by molar-refractivity contribution is -0.154. The summed E-state index contributed by atoms with van der Waals surface area (Å²) in [4.78, 5) is 23.1. The van der Waals surface area contributed by atoms with Crippen molar-refractivity contribution in [3.05, 3.63) is 0 Å². The molecule has 4 nitrogen and oxygen atoms in total. The van der Waals surface area contributed by atoms with Crippen LogP contribution in [0.4, 0.5) is 0 Å². The Morgan fingerprint density at radius 2 is 1.38 bits per heavy atom. The first-order chi connectivity index (χ1) is 12.5. The number of unbranched alkanes of at least 4 members (excludes halogenated alkanes) is 8. The van der Waals surface area contributed by atoms with E-state index in [-0.39, 0.29) is 37.4 Å². The van der Waals surface area contributed by atoms with Crippen LogP contribution in [0.2, 0.25) is 0 Å². The van der Waals surface area contributed by atoms with Gasteiger partial charge < -0.3 is 9.47 Å². The van der Waals surface area contributed by atoms with Crippen LogP contribution >= 0.6 is 0 Å². The molecule has 0 aromatic carbocycles. The molecule has 0 radical (unpaired) electrons. The number of ether oxygens (including phenoxy) is 2. The zero-order valence-electron chi connectivity index (χ0n) is 17.3. The third-order valence-corrected chi connectivity index (χ3v) is 4.38. The summed E-state index contributed by atoms with van der Waals surface area (Å²) in [5, 5.41) is 0. The predicted molar refractivity (Wildman–Crippen MR) is 106 cm³/mol. The summed E-state index contributed by atoms with van der Waals surface area (Å²) in [5.41, 5.74) is 0. The Balaban J connectivity index is 3.54. The van der Waals surface area contributed by atoms with Crippen molar-refractivity contribution in [2.24, 2.45) is 5.92 Å². The molecule has 1 atom stereocenters. The van der Waals surface area contributed by atoms with E-state index in [0.29, 0.717) is 0 Å². The van der Waals surface area contributed by atoms with Crippen LogP contribution < -0.4 is 0 Å². The fourth-order valence-electron chi connectivity index (χ4n) is 2.28. The van der Waals surface area contributed by atoms with Crippen LogP contribution in [0.3, 0.4) is 0 Å². The largest absolute Gasteiger partial charge is 0.462 e. The first-order valence-electron chi connectivity index (χ1n) is 10.3. The Kier molecular flexibility index (Phi) is 16.0. The number of carbonyl (C=O) groups excluding carboxylic acids is 2. The summed E-state index contributed by atoms with van der Waals surface area (Å²) in [6.45, 7) is 8.16. The monoisotopic (exact) mass is 366 g/mol. The smallest absolute Gasteiger partial charge is 0.307 e. The van der Waals surface area contributed by atoms with E-state index in [1.807, 2.05) is 20.8 Å². The first-order valence-corrected chi connectivity index (χ1v) is 10.3. The Labute approximate surface area is 160 Å². The third kappa shape index (κ3) is 16.0. The summed E-state index contributed by atoms with van der Waals surface area (Å²) in [6, 6.07) is 0. The van der Waals surface area contributed by atoms with Gasteiger partial charge in [0.1, 0.15) is 6.10 Å². The van der Waals surface area contributed by atoms with Gasteiger partial charge in [0.25, 0.3) is 0 Å². The van der Waals surface area contributed by atoms with Gasteiger partial charge in [-0.1, -0.05) is 77.6 Å². The van der Waals surface area contributed by atoms with Gasteiger partial charge in [0.15, 0.2) is 6.61 Å². The van der Waals surface area contributed by atoms with Crippen molar-refractivity contribution >= 4 is 11.9 Å². The lowest BCUT2D eigenvalue weighted by Crippen LogP contribution is -2.20. The molecule has 0 aliphatic carbocycles. The molecule has 0 spiro atoms. The first kappa shape index (κ1) is 24.5. The summed E-state index contributed by atoms with van der Waals surface area (Å²) in [7, 11) is 0. The average molecular weight is 367 g/mol. The second kappa shape index (κ2) is 16.9. The molecule has 0 amide bonds. The van der Waals surface area contributed by atoms with Crippen molar-refractivity contribution in [2.45, 2.75) is 104 Å². The Morgan fingerprint density at radius 1 is 0.808 bits per heavy atom. The quantitative estimate of drug-likeness (QED) is 0.234. The zero-order valence-corrected chi connectivity index (χ0v) is 17.3. The predicted octanol–water partition coefficient (Wildman–Crippen LogP) is 5.43. The molecule has 0 aliphatic heterocycles. The van der Waals surface area contributed by atoms with Crippen molar-refractivity contribution in [3.63, 3.8) is 0 Å². The molecule has 150 valence electrons. The van der Waals surface area contributed by atoms with Crippen LogP contribution in [0.25, 0.3) is 0 Å². The van der Waals surface area contributed by atoms with Crippen molar-refractivity contribution in [2.75, 3.05) is 6.61 Å². The van der Waals surface area contributed by atoms with Gasteiger partial charge in [-0.15, -0.1) is 0 Å². The molecule has 0 N–H and O–H groups in total. The Morgan fingerprint density at radius 3 is 2.00 bits per heavy atom. The SMILES string of the molecule is CCCCCCCCCCC#CCOC(=O)CCC(=O)OC(C)C(C)C. The summed E-state index contributed by atoms with van der Waals surface area (Å²) in [5.74, 6) is 5.40. The van der Waals surface area contributed by atoms with E-state index in [9.17, 15) is 9.59 Å². The third-order valence-electron chi connectivity index (χ3n) is 4.38. The highest BCUT2D eigenvalue weighted by Gasteiger charge is 2.14. The molecule has 1 unspecified atom stereocenters. The number of hydrogen-bond donors (Lipinski definition) is 0. The van der Waals surface area contributed by atoms with E-state index in [2.05, 4.69) is 18.8 Å². The lowest BCUT2D eigenvalue weighted by atomic mass is 10.1. The molecule has 0 fully saturated rings. The number of esters is 2. The van der Waals surface area contributed by atoms with Crippen molar-refractivity contribution in [1.29, 1.82) is 0 Å². The van der Waals surface area contributed by atoms with E-state index in [1.165, 1.54) is 44.9 Å². The van der Waals surface area contributed by atoms with Gasteiger partial charge in [-0.25, -0.2) is 0 Å². The van der Waals surface area contributed by atoms with Crippen molar-refractivity contribution in [1.82, 2.24) is 0 Å². The lowest BCUT2D eigenvalue weighted by Gasteiger charge is -2.16. The van der Waals surface area contributed by atoms with Gasteiger partial charge in [-0.05, 0) is 19.3 Å². The molecule has 0 aliphatic rings. The second-order valence-electron chi connectivity index (χ2n) is 7.18. The Hall–Kier alpha value is -1.50. The average Bonchev–Trinajstić information content (AvgIpc) is 2.60. The molecular formula is C22H38O4. The van der Waals surface area contributed by atoms with E-state index in [1.54, 1.807) is 0 Å². The van der Waals surface area contributed by atoms with Crippen LogP contribution in [-0.4, -0.2) is 24.6 Å². The fraction of sp³-hybridized carbons (Fsp3) is 0.818. The molecule has 26 heavy (non-hydrogen) atoms. The van der Waals surface area contributed by atoms with Crippen molar-refractivity contribution in [3.8, 4) is 11.8 Å². The molecule has 0 heterocycles. The van der Waals surface area contributed by atoms with E-state index < -0.39 is 5.97 Å². The topological polar surface area (TPSA) is 52.6 Å². The molecule has 0 aromatic heterocycles. The highest BCUT2D eigenvalue weighted by Crippen LogP contribution is 2.09. The second-order valence-corrected chi connectivity index (χ2v) is 7.18. The molecule has 0 aromatic rings. The number of hydrogen-bond acceptors (Lipinski definition) is 4. The number of rotatable bonds is 14. The van der Waals surface area contributed by atoms with Gasteiger partial charge in [0.05, 0.1) is 12.8 Å². The molecule has 0 saturated heterocycles. The molecule has 0 saturated carbocycles. The fourth-order valence-corrected chi connectivity index (χ4v) is 2.28. The molecule has 0 bridgehead atoms. The zero-order chi connectivity index (χ0) is 19.6. The normalized spacial score (nSPS) is 11.6. The highest BCUT2D eigenvalue weighted by molar-refractivity contribution is 5.77. The maximum absolute atomic E-state index is 11.6. The maximum atomic E-state index is 11.6. The standard InChI is InChI=1S/C22H38O4/c1-5-6-7-8-9-10-11-12-13-14-15-18-25-21(23)16-17-22(24)26-20(4)19(2)3/h19-20H,5-13,16-18H2,1-4H3. The number of carbonyl (C=O) groups is 2. The van der Waals surface area contributed by atoms with E-state index in [4.69, 9.17) is 9.47 Å². The highest BCUT2D eigenvalue weighted by atomic mass is 16.5. The summed E-state index contributed by atoms with van der Waals surface area (Å²) >= 11 is 0. The summed E-state index contributed by atoms with van der Waals surface area (Å²) < 4.78 is 10.2. The maximum Gasteiger partial charge on any atom is 0.307 e. The van der Waals surface area contributed by atoms with E-state index in [0.717, 1.165) is 12.8 Å². The minimum atomic E-state index is -0.402. The van der Waals surface area contributed by atoms with Gasteiger partial charge in [0.2, 0.25) is 0 Å². The van der Waals surface area contributed by atoms with Gasteiger partial charge in [0, 0.05) is 6.42 Å². The van der Waals surface area contributed by atoms with Crippen LogP contribution in [0, 0.1) is 17.8 Å². The Bertz CT molecular complexity index is 431. The molecular weight excluding hydrogens is 328 g/mol. The summed E-state index contributed by atoms with van der Waals surface area (Å²) in [6.07, 6.45) is 11.1. The minimum absolute atomic E-state index is 0.0450. The van der Waals surface area contributed by atoms with Crippen LogP contribution in [-0.2, 0) is 19.1 Å². The molecule has 4 heteroatoms. The van der Waals surface area contributed by atoms with Gasteiger partial charge in [-0.2, -0.15) is 0 Å². The minimum Gasteiger partial charge on any atom is -0.462 e. The van der Waals surface area contributed by atoms with E-state index >= 15 is 0 Å². The van der Waals surface area contributed by atoms with Crippen molar-refractivity contribution < 1.29 is 19.1 Å². The van der Waals surface area contributed by atoms with Crippen LogP contribution in [0.1, 0.15) is 98.3 Å².